The lowest BCUT2D eigenvalue weighted by Crippen LogP contribution is -2.15. The van der Waals surface area contributed by atoms with Gasteiger partial charge in [0.05, 0.1) is 0 Å². The van der Waals surface area contributed by atoms with Crippen LogP contribution in [-0.2, 0) is 6.42 Å². The molecule has 0 aliphatic carbocycles. The van der Waals surface area contributed by atoms with Crippen molar-refractivity contribution in [3.05, 3.63) is 53.3 Å². The Morgan fingerprint density at radius 2 is 1.95 bits per heavy atom. The van der Waals surface area contributed by atoms with Crippen molar-refractivity contribution in [2.24, 2.45) is 5.41 Å². The van der Waals surface area contributed by atoms with E-state index in [2.05, 4.69) is 62.9 Å². The highest BCUT2D eigenvalue weighted by atomic mass is 35.5. The zero-order chi connectivity index (χ0) is 14.1. The summed E-state index contributed by atoms with van der Waals surface area (Å²) in [5.41, 5.74) is 6.41. The second kappa shape index (κ2) is 8.25. The molecule has 19 heavy (non-hydrogen) atoms. The minimum atomic E-state index is 0.277. The summed E-state index contributed by atoms with van der Waals surface area (Å²) in [6.45, 7) is 6.82. The van der Waals surface area contributed by atoms with Gasteiger partial charge < -0.3 is 0 Å². The molecule has 0 saturated heterocycles. The normalized spacial score (nSPS) is 10.9. The van der Waals surface area contributed by atoms with Gasteiger partial charge in [-0.1, -0.05) is 44.2 Å². The van der Waals surface area contributed by atoms with E-state index in [1.54, 1.807) is 0 Å². The van der Waals surface area contributed by atoms with Crippen LogP contribution in [0.5, 0.6) is 0 Å². The van der Waals surface area contributed by atoms with Gasteiger partial charge in [-0.3, -0.25) is 0 Å². The smallest absolute Gasteiger partial charge is 0.0226 e. The van der Waals surface area contributed by atoms with E-state index in [4.69, 9.17) is 11.6 Å². The van der Waals surface area contributed by atoms with E-state index in [0.717, 1.165) is 31.6 Å². The summed E-state index contributed by atoms with van der Waals surface area (Å²) in [6.07, 6.45) is 6.37. The molecule has 0 unspecified atom stereocenters. The third-order valence-electron chi connectivity index (χ3n) is 3.10. The van der Waals surface area contributed by atoms with Gasteiger partial charge in [0.2, 0.25) is 0 Å². The lowest BCUT2D eigenvalue weighted by molar-refractivity contribution is 0.360. The first-order valence-electron chi connectivity index (χ1n) is 7.04. The Balaban J connectivity index is 2.56. The molecule has 0 aliphatic heterocycles. The molecule has 1 aromatic rings. The molecule has 0 radical (unpaired) electrons. The van der Waals surface area contributed by atoms with E-state index in [-0.39, 0.29) is 5.41 Å². The molecule has 1 aromatic carbocycles. The molecule has 0 heterocycles. The third kappa shape index (κ3) is 7.25. The summed E-state index contributed by atoms with van der Waals surface area (Å²) in [5.74, 6) is 0.733. The number of benzene rings is 1. The van der Waals surface area contributed by atoms with Crippen LogP contribution in [0, 0.1) is 5.41 Å². The molecule has 0 aromatic heterocycles. The predicted molar refractivity (Wildman–Crippen MR) is 85.8 cm³/mol. The zero-order valence-corrected chi connectivity index (χ0v) is 13.1. The number of hydrogen-bond donors (Lipinski definition) is 0. The van der Waals surface area contributed by atoms with Crippen molar-refractivity contribution in [3.63, 3.8) is 0 Å². The van der Waals surface area contributed by atoms with Crippen LogP contribution >= 0.6 is 11.6 Å². The van der Waals surface area contributed by atoms with Crippen LogP contribution in [0.3, 0.4) is 0 Å². The standard InChI is InChI=1S/C18H25Cl/c1-16(10-6-5-9-13-19)14-18(2,3)15-17-11-7-4-8-12-17/h4,6-8,11-12H,5,9,13-15H2,1-3H3. The summed E-state index contributed by atoms with van der Waals surface area (Å²) in [7, 11) is 0. The van der Waals surface area contributed by atoms with Gasteiger partial charge in [-0.05, 0) is 55.2 Å². The van der Waals surface area contributed by atoms with Crippen molar-refractivity contribution < 1.29 is 0 Å². The molecule has 1 heteroatoms. The molecule has 0 saturated carbocycles. The maximum Gasteiger partial charge on any atom is 0.0226 e. The first kappa shape index (κ1) is 16.1. The molecule has 1 rings (SSSR count). The largest absolute Gasteiger partial charge is 0.127 e. The van der Waals surface area contributed by atoms with Gasteiger partial charge in [-0.2, -0.15) is 0 Å². The van der Waals surface area contributed by atoms with Gasteiger partial charge in [0.25, 0.3) is 0 Å². The van der Waals surface area contributed by atoms with Crippen LogP contribution in [0.2, 0.25) is 0 Å². The van der Waals surface area contributed by atoms with E-state index in [1.165, 1.54) is 11.1 Å². The minimum Gasteiger partial charge on any atom is -0.127 e. The highest BCUT2D eigenvalue weighted by Gasteiger charge is 2.18. The minimum absolute atomic E-state index is 0.277. The molecule has 104 valence electrons. The van der Waals surface area contributed by atoms with Crippen molar-refractivity contribution in [1.29, 1.82) is 0 Å². The molecule has 0 atom stereocenters. The third-order valence-corrected chi connectivity index (χ3v) is 3.37. The fourth-order valence-corrected chi connectivity index (χ4v) is 2.56. The molecule has 0 amide bonds. The summed E-state index contributed by atoms with van der Waals surface area (Å²) in [4.78, 5) is 0. The van der Waals surface area contributed by atoms with Crippen LogP contribution in [0.1, 0.15) is 45.6 Å². The number of rotatable bonds is 7. The van der Waals surface area contributed by atoms with Crippen molar-refractivity contribution in [3.8, 4) is 0 Å². The highest BCUT2D eigenvalue weighted by molar-refractivity contribution is 6.17. The predicted octanol–water partition coefficient (Wildman–Crippen LogP) is 5.77. The lowest BCUT2D eigenvalue weighted by atomic mass is 9.80. The Morgan fingerprint density at radius 1 is 1.26 bits per heavy atom. The number of halogens is 1. The molecule has 0 bridgehead atoms. The average Bonchev–Trinajstić information content (AvgIpc) is 2.34. The van der Waals surface area contributed by atoms with E-state index >= 15 is 0 Å². The molecule has 0 spiro atoms. The van der Waals surface area contributed by atoms with E-state index in [1.807, 2.05) is 0 Å². The number of allylic oxidation sites excluding steroid dienone is 1. The Morgan fingerprint density at radius 3 is 2.58 bits per heavy atom. The fourth-order valence-electron chi connectivity index (χ4n) is 2.41. The number of alkyl halides is 1. The Kier molecular flexibility index (Phi) is 6.99. The van der Waals surface area contributed by atoms with E-state index in [0.29, 0.717) is 0 Å². The summed E-state index contributed by atoms with van der Waals surface area (Å²) >= 11 is 5.66. The van der Waals surface area contributed by atoms with E-state index < -0.39 is 0 Å². The van der Waals surface area contributed by atoms with Crippen LogP contribution in [0.25, 0.3) is 0 Å². The average molecular weight is 277 g/mol. The summed E-state index contributed by atoms with van der Waals surface area (Å²) < 4.78 is 0. The van der Waals surface area contributed by atoms with E-state index in [9.17, 15) is 0 Å². The SMILES string of the molecule is CC(=C=CCCCCl)CC(C)(C)Cc1ccccc1. The number of unbranched alkanes of at least 4 members (excludes halogenated alkanes) is 1. The molecular weight excluding hydrogens is 252 g/mol. The van der Waals surface area contributed by atoms with Crippen LogP contribution in [-0.4, -0.2) is 5.88 Å². The van der Waals surface area contributed by atoms with Gasteiger partial charge in [0.1, 0.15) is 0 Å². The Labute approximate surface area is 123 Å². The Bertz CT molecular complexity index is 422. The number of hydrogen-bond acceptors (Lipinski definition) is 0. The van der Waals surface area contributed by atoms with Crippen LogP contribution in [0.4, 0.5) is 0 Å². The molecule has 0 aliphatic rings. The maximum absolute atomic E-state index is 5.66. The van der Waals surface area contributed by atoms with Gasteiger partial charge in [-0.15, -0.1) is 17.3 Å². The van der Waals surface area contributed by atoms with Gasteiger partial charge in [0.15, 0.2) is 0 Å². The van der Waals surface area contributed by atoms with Crippen LogP contribution in [0.15, 0.2) is 47.7 Å². The van der Waals surface area contributed by atoms with Crippen molar-refractivity contribution in [2.75, 3.05) is 5.88 Å². The second-order valence-electron chi connectivity index (χ2n) is 5.96. The highest BCUT2D eigenvalue weighted by Crippen LogP contribution is 2.29. The topological polar surface area (TPSA) is 0 Å². The molecular formula is C18H25Cl. The van der Waals surface area contributed by atoms with Gasteiger partial charge in [-0.25, -0.2) is 0 Å². The Hall–Kier alpha value is -0.970. The summed E-state index contributed by atoms with van der Waals surface area (Å²) in [6, 6.07) is 10.7. The molecule has 0 N–H and O–H groups in total. The first-order valence-corrected chi connectivity index (χ1v) is 7.57. The van der Waals surface area contributed by atoms with Crippen molar-refractivity contribution >= 4 is 11.6 Å². The first-order chi connectivity index (χ1) is 9.03. The van der Waals surface area contributed by atoms with Crippen LogP contribution < -0.4 is 0 Å². The second-order valence-corrected chi connectivity index (χ2v) is 6.34. The van der Waals surface area contributed by atoms with Gasteiger partial charge in [0, 0.05) is 5.88 Å². The quantitative estimate of drug-likeness (QED) is 0.337. The summed E-state index contributed by atoms with van der Waals surface area (Å²) in [5, 5.41) is 0. The maximum atomic E-state index is 5.66. The zero-order valence-electron chi connectivity index (χ0n) is 12.4. The monoisotopic (exact) mass is 276 g/mol. The van der Waals surface area contributed by atoms with Crippen molar-refractivity contribution in [2.45, 2.75) is 46.5 Å². The lowest BCUT2D eigenvalue weighted by Gasteiger charge is -2.24. The van der Waals surface area contributed by atoms with Crippen molar-refractivity contribution in [1.82, 2.24) is 0 Å². The molecule has 0 nitrogen and oxygen atoms in total. The van der Waals surface area contributed by atoms with Gasteiger partial charge >= 0.3 is 0 Å². The molecule has 0 fully saturated rings. The fraction of sp³-hybridized carbons (Fsp3) is 0.500.